The van der Waals surface area contributed by atoms with Crippen LogP contribution < -0.4 is 10.6 Å². The third kappa shape index (κ3) is 6.03. The summed E-state index contributed by atoms with van der Waals surface area (Å²) in [5.41, 5.74) is 2.70. The first-order valence-electron chi connectivity index (χ1n) is 8.43. The summed E-state index contributed by atoms with van der Waals surface area (Å²) >= 11 is 5.33. The molecule has 0 atom stereocenters. The van der Waals surface area contributed by atoms with E-state index in [2.05, 4.69) is 78.2 Å². The number of rotatable bonds is 8. The van der Waals surface area contributed by atoms with Crippen LogP contribution in [0.5, 0.6) is 0 Å². The van der Waals surface area contributed by atoms with Crippen LogP contribution in [-0.4, -0.2) is 18.2 Å². The van der Waals surface area contributed by atoms with Crippen LogP contribution in [0, 0.1) is 0 Å². The fourth-order valence-corrected chi connectivity index (χ4v) is 2.87. The molecule has 0 aromatic heterocycles. The lowest BCUT2D eigenvalue weighted by molar-refractivity contribution is 0.678. The Labute approximate surface area is 145 Å². The Balaban J connectivity index is 1.93. The number of benzene rings is 2. The first-order chi connectivity index (χ1) is 11.3. The lowest BCUT2D eigenvalue weighted by Gasteiger charge is -2.19. The molecular weight excluding hydrogens is 300 g/mol. The van der Waals surface area contributed by atoms with Crippen LogP contribution in [0.2, 0.25) is 0 Å². The van der Waals surface area contributed by atoms with E-state index in [-0.39, 0.29) is 0 Å². The average molecular weight is 327 g/mol. The molecular formula is C20H26N2S. The number of hydrogen-bond acceptors (Lipinski definition) is 1. The molecule has 0 spiro atoms. The Hall–Kier alpha value is -1.87. The van der Waals surface area contributed by atoms with Crippen LogP contribution in [0.1, 0.15) is 43.2 Å². The summed E-state index contributed by atoms with van der Waals surface area (Å²) in [5, 5.41) is 7.35. The topological polar surface area (TPSA) is 24.1 Å². The van der Waals surface area contributed by atoms with Gasteiger partial charge in [0.15, 0.2) is 5.11 Å². The summed E-state index contributed by atoms with van der Waals surface area (Å²) in [6.45, 7) is 4.00. The summed E-state index contributed by atoms with van der Waals surface area (Å²) in [5.74, 6) is 0.392. The molecule has 0 saturated heterocycles. The van der Waals surface area contributed by atoms with Gasteiger partial charge in [0.25, 0.3) is 0 Å². The van der Waals surface area contributed by atoms with Gasteiger partial charge in [-0.3, -0.25) is 0 Å². The van der Waals surface area contributed by atoms with E-state index in [4.69, 9.17) is 12.2 Å². The Kier molecular flexibility index (Phi) is 7.61. The van der Waals surface area contributed by atoms with Crippen molar-refractivity contribution in [2.45, 2.75) is 32.1 Å². The SMILES string of the molecule is CCCCNC(=S)NCCC(c1ccccc1)c1ccccc1. The average Bonchev–Trinajstić information content (AvgIpc) is 2.60. The lowest BCUT2D eigenvalue weighted by Crippen LogP contribution is -2.36. The molecule has 0 fully saturated rings. The molecule has 0 aliphatic heterocycles. The molecule has 23 heavy (non-hydrogen) atoms. The van der Waals surface area contributed by atoms with E-state index in [0.717, 1.165) is 31.0 Å². The van der Waals surface area contributed by atoms with Crippen molar-refractivity contribution in [2.24, 2.45) is 0 Å². The molecule has 2 N–H and O–H groups in total. The second kappa shape index (κ2) is 10.0. The van der Waals surface area contributed by atoms with E-state index in [9.17, 15) is 0 Å². The Bertz CT molecular complexity index is 529. The Morgan fingerprint density at radius 1 is 0.870 bits per heavy atom. The monoisotopic (exact) mass is 326 g/mol. The normalized spacial score (nSPS) is 10.5. The quantitative estimate of drug-likeness (QED) is 0.553. The zero-order valence-electron chi connectivity index (χ0n) is 13.8. The maximum absolute atomic E-state index is 5.33. The predicted octanol–water partition coefficient (Wildman–Crippen LogP) is 4.47. The second-order valence-corrected chi connectivity index (χ2v) is 6.11. The van der Waals surface area contributed by atoms with Crippen LogP contribution >= 0.6 is 12.2 Å². The van der Waals surface area contributed by atoms with Gasteiger partial charge in [-0.1, -0.05) is 74.0 Å². The van der Waals surface area contributed by atoms with Crippen molar-refractivity contribution < 1.29 is 0 Å². The number of unbranched alkanes of at least 4 members (excludes halogenated alkanes) is 1. The van der Waals surface area contributed by atoms with Crippen molar-refractivity contribution in [3.8, 4) is 0 Å². The first-order valence-corrected chi connectivity index (χ1v) is 8.83. The van der Waals surface area contributed by atoms with Gasteiger partial charge in [0.1, 0.15) is 0 Å². The van der Waals surface area contributed by atoms with Crippen molar-refractivity contribution in [2.75, 3.05) is 13.1 Å². The van der Waals surface area contributed by atoms with E-state index in [1.165, 1.54) is 17.5 Å². The molecule has 2 aromatic rings. The first kappa shape index (κ1) is 17.5. The van der Waals surface area contributed by atoms with Crippen LogP contribution in [-0.2, 0) is 0 Å². The Morgan fingerprint density at radius 2 is 1.39 bits per heavy atom. The van der Waals surface area contributed by atoms with E-state index in [0.29, 0.717) is 5.92 Å². The van der Waals surface area contributed by atoms with Gasteiger partial charge in [0, 0.05) is 19.0 Å². The van der Waals surface area contributed by atoms with Gasteiger partial charge in [0.2, 0.25) is 0 Å². The molecule has 0 bridgehead atoms. The molecule has 0 saturated carbocycles. The van der Waals surface area contributed by atoms with Gasteiger partial charge in [0.05, 0.1) is 0 Å². The van der Waals surface area contributed by atoms with Crippen molar-refractivity contribution in [3.05, 3.63) is 71.8 Å². The molecule has 2 rings (SSSR count). The van der Waals surface area contributed by atoms with Gasteiger partial charge < -0.3 is 10.6 Å². The molecule has 2 aromatic carbocycles. The molecule has 0 amide bonds. The highest BCUT2D eigenvalue weighted by molar-refractivity contribution is 7.80. The smallest absolute Gasteiger partial charge is 0.166 e. The molecule has 0 radical (unpaired) electrons. The molecule has 0 aliphatic carbocycles. The predicted molar refractivity (Wildman–Crippen MR) is 103 cm³/mol. The maximum Gasteiger partial charge on any atom is 0.166 e. The molecule has 3 heteroatoms. The van der Waals surface area contributed by atoms with Crippen LogP contribution in [0.25, 0.3) is 0 Å². The van der Waals surface area contributed by atoms with Gasteiger partial charge in [-0.2, -0.15) is 0 Å². The summed E-state index contributed by atoms with van der Waals surface area (Å²) in [6.07, 6.45) is 3.35. The lowest BCUT2D eigenvalue weighted by atomic mass is 9.88. The highest BCUT2D eigenvalue weighted by atomic mass is 32.1. The van der Waals surface area contributed by atoms with Crippen molar-refractivity contribution >= 4 is 17.3 Å². The third-order valence-corrected chi connectivity index (χ3v) is 4.23. The number of hydrogen-bond donors (Lipinski definition) is 2. The van der Waals surface area contributed by atoms with Gasteiger partial charge in [-0.15, -0.1) is 0 Å². The van der Waals surface area contributed by atoms with E-state index >= 15 is 0 Å². The number of thiocarbonyl (C=S) groups is 1. The van der Waals surface area contributed by atoms with E-state index in [1.807, 2.05) is 0 Å². The third-order valence-electron chi connectivity index (χ3n) is 3.94. The van der Waals surface area contributed by atoms with Crippen LogP contribution in [0.15, 0.2) is 60.7 Å². The van der Waals surface area contributed by atoms with Gasteiger partial charge in [-0.05, 0) is 36.2 Å². The highest BCUT2D eigenvalue weighted by Crippen LogP contribution is 2.27. The number of nitrogens with one attached hydrogen (secondary N) is 2. The van der Waals surface area contributed by atoms with Crippen molar-refractivity contribution in [1.82, 2.24) is 10.6 Å². The minimum Gasteiger partial charge on any atom is -0.363 e. The standard InChI is InChI=1S/C20H26N2S/c1-2-3-15-21-20(23)22-16-14-19(17-10-6-4-7-11-17)18-12-8-5-9-13-18/h4-13,19H,2-3,14-16H2,1H3,(H2,21,22,23). The summed E-state index contributed by atoms with van der Waals surface area (Å²) in [6, 6.07) is 21.4. The van der Waals surface area contributed by atoms with Crippen LogP contribution in [0.3, 0.4) is 0 Å². The minimum absolute atomic E-state index is 0.392. The minimum atomic E-state index is 0.392. The fourth-order valence-electron chi connectivity index (χ4n) is 2.67. The molecule has 0 heterocycles. The fraction of sp³-hybridized carbons (Fsp3) is 0.350. The molecule has 2 nitrogen and oxygen atoms in total. The van der Waals surface area contributed by atoms with E-state index in [1.54, 1.807) is 0 Å². The maximum atomic E-state index is 5.33. The second-order valence-electron chi connectivity index (χ2n) is 5.70. The van der Waals surface area contributed by atoms with E-state index < -0.39 is 0 Å². The Morgan fingerprint density at radius 3 is 1.91 bits per heavy atom. The molecule has 0 aliphatic rings. The van der Waals surface area contributed by atoms with Crippen LogP contribution in [0.4, 0.5) is 0 Å². The zero-order chi connectivity index (χ0) is 16.3. The van der Waals surface area contributed by atoms with Crippen molar-refractivity contribution in [1.29, 1.82) is 0 Å². The molecule has 0 unspecified atom stereocenters. The molecule has 122 valence electrons. The zero-order valence-corrected chi connectivity index (χ0v) is 14.6. The summed E-state index contributed by atoms with van der Waals surface area (Å²) in [7, 11) is 0. The highest BCUT2D eigenvalue weighted by Gasteiger charge is 2.13. The van der Waals surface area contributed by atoms with Gasteiger partial charge >= 0.3 is 0 Å². The summed E-state index contributed by atoms with van der Waals surface area (Å²) in [4.78, 5) is 0. The van der Waals surface area contributed by atoms with Gasteiger partial charge in [-0.25, -0.2) is 0 Å². The largest absolute Gasteiger partial charge is 0.363 e. The summed E-state index contributed by atoms with van der Waals surface area (Å²) < 4.78 is 0. The van der Waals surface area contributed by atoms with Crippen molar-refractivity contribution in [3.63, 3.8) is 0 Å².